The molecule has 4 nitrogen and oxygen atoms in total. The van der Waals surface area contributed by atoms with E-state index in [4.69, 9.17) is 9.41 Å². The van der Waals surface area contributed by atoms with E-state index >= 15 is 0 Å². The summed E-state index contributed by atoms with van der Waals surface area (Å²) in [5.41, 5.74) is 9.65. The van der Waals surface area contributed by atoms with Gasteiger partial charge in [0.2, 0.25) is 0 Å². The van der Waals surface area contributed by atoms with Crippen LogP contribution in [0.15, 0.2) is 154 Å². The zero-order chi connectivity index (χ0) is 28.8. The molecular formula is C39H27N3O. The summed E-state index contributed by atoms with van der Waals surface area (Å²) in [6, 6.07) is 48.5. The number of furan rings is 1. The zero-order valence-electron chi connectivity index (χ0n) is 23.4. The van der Waals surface area contributed by atoms with Crippen LogP contribution in [0.5, 0.6) is 0 Å². The summed E-state index contributed by atoms with van der Waals surface area (Å²) in [6.07, 6.45) is 0. The van der Waals surface area contributed by atoms with E-state index in [1.165, 1.54) is 16.3 Å². The largest absolute Gasteiger partial charge is 0.456 e. The number of hydrogen-bond acceptors (Lipinski definition) is 2. The van der Waals surface area contributed by atoms with E-state index in [0.29, 0.717) is 12.4 Å². The second kappa shape index (κ2) is 10.3. The smallest absolute Gasteiger partial charge is 0.154 e. The molecule has 8 aromatic rings. The molecule has 0 aliphatic heterocycles. The Morgan fingerprint density at radius 2 is 1.23 bits per heavy atom. The SMILES string of the molecule is C=NC(=NCc1ccccc1-n1c2ccccc2c2cc(-c3ccc4oc5ccccc5c4c3)ccc21)c1ccccc1. The van der Waals surface area contributed by atoms with Crippen LogP contribution < -0.4 is 0 Å². The Morgan fingerprint density at radius 3 is 2.09 bits per heavy atom. The van der Waals surface area contributed by atoms with Crippen LogP contribution in [0.3, 0.4) is 0 Å². The first-order valence-corrected chi connectivity index (χ1v) is 14.4. The maximum atomic E-state index is 6.08. The van der Waals surface area contributed by atoms with Gasteiger partial charge >= 0.3 is 0 Å². The topological polar surface area (TPSA) is 42.8 Å². The fraction of sp³-hybridized carbons (Fsp3) is 0.0256. The van der Waals surface area contributed by atoms with Gasteiger partial charge in [-0.05, 0) is 65.9 Å². The number of fused-ring (bicyclic) bond motifs is 6. The molecule has 0 amide bonds. The number of rotatable bonds is 5. The molecule has 0 saturated carbocycles. The van der Waals surface area contributed by atoms with Gasteiger partial charge in [-0.1, -0.05) is 97.1 Å². The van der Waals surface area contributed by atoms with Gasteiger partial charge in [-0.3, -0.25) is 4.99 Å². The van der Waals surface area contributed by atoms with E-state index in [-0.39, 0.29) is 0 Å². The van der Waals surface area contributed by atoms with Gasteiger partial charge in [0.05, 0.1) is 23.3 Å². The summed E-state index contributed by atoms with van der Waals surface area (Å²) in [7, 11) is 0. The Labute approximate surface area is 248 Å². The fourth-order valence-corrected chi connectivity index (χ4v) is 6.16. The summed E-state index contributed by atoms with van der Waals surface area (Å²) < 4.78 is 8.44. The minimum absolute atomic E-state index is 0.490. The highest BCUT2D eigenvalue weighted by Crippen LogP contribution is 2.37. The van der Waals surface area contributed by atoms with Crippen molar-refractivity contribution in [3.63, 3.8) is 0 Å². The average molecular weight is 554 g/mol. The van der Waals surface area contributed by atoms with Crippen LogP contribution in [-0.4, -0.2) is 17.1 Å². The first-order chi connectivity index (χ1) is 21.3. The van der Waals surface area contributed by atoms with Crippen molar-refractivity contribution in [2.75, 3.05) is 0 Å². The number of para-hydroxylation sites is 3. The molecule has 0 atom stereocenters. The van der Waals surface area contributed by atoms with Crippen LogP contribution in [0, 0.1) is 0 Å². The standard InChI is InChI=1S/C39H27N3O/c1-40-39(26-11-3-2-4-12-26)41-25-29-13-5-8-16-34(29)42-35-17-9-6-14-30(35)32-23-27(19-21-36(32)42)28-20-22-38-33(24-28)31-15-7-10-18-37(31)43-38/h2-24H,1,25H2. The molecule has 43 heavy (non-hydrogen) atoms. The first-order valence-electron chi connectivity index (χ1n) is 14.4. The van der Waals surface area contributed by atoms with Gasteiger partial charge in [-0.15, -0.1) is 0 Å². The van der Waals surface area contributed by atoms with E-state index < -0.39 is 0 Å². The number of aromatic nitrogens is 1. The Balaban J connectivity index is 1.27. The van der Waals surface area contributed by atoms with Crippen LogP contribution in [0.2, 0.25) is 0 Å². The maximum absolute atomic E-state index is 6.08. The summed E-state index contributed by atoms with van der Waals surface area (Å²) in [6.45, 7) is 4.26. The quantitative estimate of drug-likeness (QED) is 0.154. The molecule has 2 heterocycles. The van der Waals surface area contributed by atoms with Crippen molar-refractivity contribution in [3.05, 3.63) is 151 Å². The molecule has 204 valence electrons. The lowest BCUT2D eigenvalue weighted by atomic mass is 10.0. The Hall–Kier alpha value is -5.74. The van der Waals surface area contributed by atoms with Crippen molar-refractivity contribution < 1.29 is 4.42 Å². The summed E-state index contributed by atoms with van der Waals surface area (Å²) in [5.74, 6) is 0.643. The molecule has 0 aliphatic carbocycles. The highest BCUT2D eigenvalue weighted by molar-refractivity contribution is 6.11. The van der Waals surface area contributed by atoms with Gasteiger partial charge in [-0.25, -0.2) is 4.99 Å². The molecule has 2 aromatic heterocycles. The molecule has 0 N–H and O–H groups in total. The maximum Gasteiger partial charge on any atom is 0.154 e. The number of hydrogen-bond donors (Lipinski definition) is 0. The Kier molecular flexibility index (Phi) is 5.97. The predicted molar refractivity (Wildman–Crippen MR) is 180 cm³/mol. The lowest BCUT2D eigenvalue weighted by Gasteiger charge is -2.13. The van der Waals surface area contributed by atoms with Crippen LogP contribution in [0.1, 0.15) is 11.1 Å². The van der Waals surface area contributed by atoms with Crippen molar-refractivity contribution in [1.82, 2.24) is 4.57 Å². The molecule has 0 fully saturated rings. The highest BCUT2D eigenvalue weighted by Gasteiger charge is 2.16. The number of aliphatic imine (C=N–C) groups is 2. The molecule has 0 radical (unpaired) electrons. The second-order valence-electron chi connectivity index (χ2n) is 10.7. The van der Waals surface area contributed by atoms with Gasteiger partial charge in [0.15, 0.2) is 5.84 Å². The summed E-state index contributed by atoms with van der Waals surface area (Å²) >= 11 is 0. The van der Waals surface area contributed by atoms with E-state index in [1.807, 2.05) is 42.5 Å². The van der Waals surface area contributed by atoms with Gasteiger partial charge in [0.1, 0.15) is 11.2 Å². The molecular weight excluding hydrogens is 526 g/mol. The minimum atomic E-state index is 0.490. The number of amidine groups is 1. The normalized spacial score (nSPS) is 12.0. The predicted octanol–water partition coefficient (Wildman–Crippen LogP) is 10.00. The molecule has 8 rings (SSSR count). The Bertz CT molecular complexity index is 2340. The minimum Gasteiger partial charge on any atom is -0.456 e. The Morgan fingerprint density at radius 1 is 0.581 bits per heavy atom. The van der Waals surface area contributed by atoms with Crippen LogP contribution >= 0.6 is 0 Å². The van der Waals surface area contributed by atoms with Gasteiger partial charge in [0, 0.05) is 27.1 Å². The molecule has 0 bridgehead atoms. The first kappa shape index (κ1) is 25.0. The lowest BCUT2D eigenvalue weighted by Crippen LogP contribution is -2.01. The molecule has 0 unspecified atom stereocenters. The third kappa shape index (κ3) is 4.23. The lowest BCUT2D eigenvalue weighted by molar-refractivity contribution is 0.669. The van der Waals surface area contributed by atoms with Crippen LogP contribution in [0.4, 0.5) is 0 Å². The van der Waals surface area contributed by atoms with Gasteiger partial charge in [0.25, 0.3) is 0 Å². The molecule has 0 saturated heterocycles. The highest BCUT2D eigenvalue weighted by atomic mass is 16.3. The second-order valence-corrected chi connectivity index (χ2v) is 10.7. The molecule has 0 aliphatic rings. The monoisotopic (exact) mass is 553 g/mol. The third-order valence-electron chi connectivity index (χ3n) is 8.20. The van der Waals surface area contributed by atoms with E-state index in [1.54, 1.807) is 0 Å². The fourth-order valence-electron chi connectivity index (χ4n) is 6.16. The molecule has 0 spiro atoms. The van der Waals surface area contributed by atoms with Crippen LogP contribution in [-0.2, 0) is 6.54 Å². The van der Waals surface area contributed by atoms with Crippen molar-refractivity contribution in [3.8, 4) is 16.8 Å². The summed E-state index contributed by atoms with van der Waals surface area (Å²) in [4.78, 5) is 9.10. The number of benzene rings is 6. The van der Waals surface area contributed by atoms with E-state index in [0.717, 1.165) is 55.3 Å². The van der Waals surface area contributed by atoms with Crippen LogP contribution in [0.25, 0.3) is 60.6 Å². The molecule has 4 heteroatoms. The van der Waals surface area contributed by atoms with E-state index in [9.17, 15) is 0 Å². The van der Waals surface area contributed by atoms with Crippen molar-refractivity contribution in [2.24, 2.45) is 9.98 Å². The van der Waals surface area contributed by atoms with E-state index in [2.05, 4.69) is 113 Å². The van der Waals surface area contributed by atoms with Crippen molar-refractivity contribution >= 4 is 56.3 Å². The average Bonchev–Trinajstić information content (AvgIpc) is 3.61. The summed E-state index contributed by atoms with van der Waals surface area (Å²) in [5, 5.41) is 4.69. The van der Waals surface area contributed by atoms with Gasteiger partial charge < -0.3 is 8.98 Å². The van der Waals surface area contributed by atoms with Gasteiger partial charge in [-0.2, -0.15) is 0 Å². The molecule has 6 aromatic carbocycles. The third-order valence-corrected chi connectivity index (χ3v) is 8.20. The zero-order valence-corrected chi connectivity index (χ0v) is 23.4. The van der Waals surface area contributed by atoms with Crippen molar-refractivity contribution in [1.29, 1.82) is 0 Å². The van der Waals surface area contributed by atoms with Crippen molar-refractivity contribution in [2.45, 2.75) is 6.54 Å². The number of nitrogens with zero attached hydrogens (tertiary/aromatic N) is 3.